The molecule has 2 aromatic rings. The smallest absolute Gasteiger partial charge is 0.165 e. The zero-order chi connectivity index (χ0) is 17.9. The summed E-state index contributed by atoms with van der Waals surface area (Å²) in [6.45, 7) is 4.81. The van der Waals surface area contributed by atoms with Crippen molar-refractivity contribution in [3.8, 4) is 16.9 Å². The minimum Gasteiger partial charge on any atom is -0.491 e. The third-order valence-electron chi connectivity index (χ3n) is 4.50. The van der Waals surface area contributed by atoms with Gasteiger partial charge in [-0.2, -0.15) is 0 Å². The van der Waals surface area contributed by atoms with Crippen molar-refractivity contribution in [2.24, 2.45) is 0 Å². The van der Waals surface area contributed by atoms with Crippen LogP contribution in [0, 0.1) is 5.82 Å². The monoisotopic (exact) mass is 342 g/mol. The molecule has 0 saturated heterocycles. The Labute approximate surface area is 152 Å². The summed E-state index contributed by atoms with van der Waals surface area (Å²) in [6.07, 6.45) is 9.93. The Morgan fingerprint density at radius 3 is 2.12 bits per heavy atom. The minimum absolute atomic E-state index is 0.290. The second-order valence-electron chi connectivity index (χ2n) is 6.71. The largest absolute Gasteiger partial charge is 0.491 e. The lowest BCUT2D eigenvalue weighted by Gasteiger charge is -2.09. The van der Waals surface area contributed by atoms with E-state index in [0.717, 1.165) is 24.0 Å². The van der Waals surface area contributed by atoms with Crippen molar-refractivity contribution >= 4 is 0 Å². The van der Waals surface area contributed by atoms with Gasteiger partial charge < -0.3 is 4.74 Å². The average Bonchev–Trinajstić information content (AvgIpc) is 2.64. The topological polar surface area (TPSA) is 9.23 Å². The van der Waals surface area contributed by atoms with Crippen LogP contribution in [-0.4, -0.2) is 6.61 Å². The van der Waals surface area contributed by atoms with Crippen LogP contribution in [0.25, 0.3) is 11.1 Å². The standard InChI is InChI=1S/C23H31FO/c1-3-5-6-7-8-9-10-19-11-13-20(14-12-19)21-15-16-23(22(24)18-21)25-17-4-2/h11-16,18H,3-10,17H2,1-2H3. The van der Waals surface area contributed by atoms with Crippen LogP contribution >= 0.6 is 0 Å². The van der Waals surface area contributed by atoms with Gasteiger partial charge in [-0.15, -0.1) is 0 Å². The average molecular weight is 342 g/mol. The van der Waals surface area contributed by atoms with Crippen molar-refractivity contribution in [2.45, 2.75) is 65.2 Å². The normalized spacial score (nSPS) is 10.8. The SMILES string of the molecule is CCCCCCCCc1ccc(-c2ccc(OCCC)c(F)c2)cc1. The van der Waals surface area contributed by atoms with Crippen LogP contribution in [0.3, 0.4) is 0 Å². The summed E-state index contributed by atoms with van der Waals surface area (Å²) in [5.74, 6) is 0.0485. The van der Waals surface area contributed by atoms with Crippen LogP contribution in [-0.2, 0) is 6.42 Å². The molecule has 0 spiro atoms. The number of benzene rings is 2. The van der Waals surface area contributed by atoms with Crippen LogP contribution in [0.4, 0.5) is 4.39 Å². The van der Waals surface area contributed by atoms with E-state index < -0.39 is 0 Å². The molecule has 0 amide bonds. The second kappa shape index (κ2) is 10.9. The summed E-state index contributed by atoms with van der Waals surface area (Å²) in [4.78, 5) is 0. The molecule has 0 unspecified atom stereocenters. The molecule has 0 aliphatic heterocycles. The number of rotatable bonds is 11. The third-order valence-corrected chi connectivity index (χ3v) is 4.50. The highest BCUT2D eigenvalue weighted by atomic mass is 19.1. The summed E-state index contributed by atoms with van der Waals surface area (Å²) in [5.41, 5.74) is 3.31. The molecular formula is C23H31FO. The van der Waals surface area contributed by atoms with Gasteiger partial charge in [0.25, 0.3) is 0 Å². The molecule has 2 aromatic carbocycles. The summed E-state index contributed by atoms with van der Waals surface area (Å²) in [7, 11) is 0. The van der Waals surface area contributed by atoms with Gasteiger partial charge in [0, 0.05) is 0 Å². The summed E-state index contributed by atoms with van der Waals surface area (Å²) in [6, 6.07) is 13.7. The van der Waals surface area contributed by atoms with Gasteiger partial charge in [0.15, 0.2) is 11.6 Å². The second-order valence-corrected chi connectivity index (χ2v) is 6.71. The van der Waals surface area contributed by atoms with Gasteiger partial charge in [-0.3, -0.25) is 0 Å². The van der Waals surface area contributed by atoms with Crippen molar-refractivity contribution in [1.29, 1.82) is 0 Å². The van der Waals surface area contributed by atoms with Crippen LogP contribution in [0.15, 0.2) is 42.5 Å². The minimum atomic E-state index is -0.290. The summed E-state index contributed by atoms with van der Waals surface area (Å²) >= 11 is 0. The first-order valence-corrected chi connectivity index (χ1v) is 9.76. The molecule has 0 saturated carbocycles. The van der Waals surface area contributed by atoms with E-state index in [1.165, 1.54) is 44.1 Å². The molecule has 136 valence electrons. The summed E-state index contributed by atoms with van der Waals surface area (Å²) < 4.78 is 19.5. The Bertz CT molecular complexity index is 618. The molecule has 0 aliphatic rings. The maximum atomic E-state index is 14.1. The lowest BCUT2D eigenvalue weighted by atomic mass is 10.0. The predicted octanol–water partition coefficient (Wildman–Crippen LogP) is 7.18. The molecule has 0 radical (unpaired) electrons. The molecule has 25 heavy (non-hydrogen) atoms. The van der Waals surface area contributed by atoms with Gasteiger partial charge in [0.1, 0.15) is 0 Å². The fourth-order valence-corrected chi connectivity index (χ4v) is 2.98. The first-order valence-electron chi connectivity index (χ1n) is 9.76. The quantitative estimate of drug-likeness (QED) is 0.393. The van der Waals surface area contributed by atoms with Crippen molar-refractivity contribution in [3.05, 3.63) is 53.8 Å². The Hall–Kier alpha value is -1.83. The molecule has 0 aromatic heterocycles. The molecule has 2 rings (SSSR count). The van der Waals surface area contributed by atoms with E-state index in [9.17, 15) is 4.39 Å². The van der Waals surface area contributed by atoms with Crippen molar-refractivity contribution < 1.29 is 9.13 Å². The van der Waals surface area contributed by atoms with Crippen LogP contribution in [0.5, 0.6) is 5.75 Å². The van der Waals surface area contributed by atoms with Crippen molar-refractivity contribution in [3.63, 3.8) is 0 Å². The van der Waals surface area contributed by atoms with E-state index in [-0.39, 0.29) is 5.82 Å². The number of ether oxygens (including phenoxy) is 1. The van der Waals surface area contributed by atoms with Gasteiger partial charge in [0.2, 0.25) is 0 Å². The van der Waals surface area contributed by atoms with Gasteiger partial charge in [0.05, 0.1) is 6.61 Å². The number of halogens is 1. The molecule has 0 aliphatic carbocycles. The lowest BCUT2D eigenvalue weighted by Crippen LogP contribution is -1.97. The summed E-state index contributed by atoms with van der Waals surface area (Å²) in [5, 5.41) is 0. The van der Waals surface area contributed by atoms with E-state index in [1.54, 1.807) is 12.1 Å². The van der Waals surface area contributed by atoms with Crippen molar-refractivity contribution in [2.75, 3.05) is 6.61 Å². The Morgan fingerprint density at radius 1 is 0.760 bits per heavy atom. The first-order chi connectivity index (χ1) is 12.2. The van der Waals surface area contributed by atoms with Crippen LogP contribution < -0.4 is 4.74 Å². The molecule has 2 heteroatoms. The van der Waals surface area contributed by atoms with E-state index in [0.29, 0.717) is 12.4 Å². The molecular weight excluding hydrogens is 311 g/mol. The highest BCUT2D eigenvalue weighted by Gasteiger charge is 2.06. The number of unbranched alkanes of at least 4 members (excludes halogenated alkanes) is 5. The zero-order valence-electron chi connectivity index (χ0n) is 15.7. The Kier molecular flexibility index (Phi) is 8.51. The molecule has 0 N–H and O–H groups in total. The van der Waals surface area contributed by atoms with Gasteiger partial charge >= 0.3 is 0 Å². The Morgan fingerprint density at radius 2 is 1.44 bits per heavy atom. The van der Waals surface area contributed by atoms with E-state index in [4.69, 9.17) is 4.74 Å². The van der Waals surface area contributed by atoms with E-state index in [1.807, 2.05) is 13.0 Å². The molecule has 0 bridgehead atoms. The molecule has 1 nitrogen and oxygen atoms in total. The zero-order valence-corrected chi connectivity index (χ0v) is 15.7. The maximum Gasteiger partial charge on any atom is 0.165 e. The third kappa shape index (κ3) is 6.53. The molecule has 0 fully saturated rings. The van der Waals surface area contributed by atoms with E-state index in [2.05, 4.69) is 31.2 Å². The fraction of sp³-hybridized carbons (Fsp3) is 0.478. The van der Waals surface area contributed by atoms with Crippen LogP contribution in [0.2, 0.25) is 0 Å². The maximum absolute atomic E-state index is 14.1. The fourth-order valence-electron chi connectivity index (χ4n) is 2.98. The molecule has 0 atom stereocenters. The van der Waals surface area contributed by atoms with Gasteiger partial charge in [-0.25, -0.2) is 4.39 Å². The number of hydrogen-bond acceptors (Lipinski definition) is 1. The number of hydrogen-bond donors (Lipinski definition) is 0. The van der Waals surface area contributed by atoms with Crippen molar-refractivity contribution in [1.82, 2.24) is 0 Å². The van der Waals surface area contributed by atoms with Gasteiger partial charge in [-0.05, 0) is 48.1 Å². The predicted molar refractivity (Wildman–Crippen MR) is 105 cm³/mol. The number of aryl methyl sites for hydroxylation is 1. The highest BCUT2D eigenvalue weighted by molar-refractivity contribution is 5.64. The first kappa shape index (κ1) is 19.5. The van der Waals surface area contributed by atoms with Gasteiger partial charge in [-0.1, -0.05) is 76.3 Å². The van der Waals surface area contributed by atoms with E-state index >= 15 is 0 Å². The lowest BCUT2D eigenvalue weighted by molar-refractivity contribution is 0.301. The molecule has 0 heterocycles. The van der Waals surface area contributed by atoms with Crippen LogP contribution in [0.1, 0.15) is 64.4 Å². The Balaban J connectivity index is 1.88. The highest BCUT2D eigenvalue weighted by Crippen LogP contribution is 2.26.